The van der Waals surface area contributed by atoms with Gasteiger partial charge in [-0.25, -0.2) is 4.79 Å². The lowest BCUT2D eigenvalue weighted by Crippen LogP contribution is -2.13. The van der Waals surface area contributed by atoms with Gasteiger partial charge in [-0.1, -0.05) is 22.9 Å². The van der Waals surface area contributed by atoms with Crippen LogP contribution in [0.4, 0.5) is 10.8 Å². The zero-order valence-corrected chi connectivity index (χ0v) is 14.8. The monoisotopic (exact) mass is 390 g/mol. The Morgan fingerprint density at radius 3 is 2.62 bits per heavy atom. The van der Waals surface area contributed by atoms with Gasteiger partial charge in [-0.2, -0.15) is 8.42 Å². The van der Waals surface area contributed by atoms with Crippen molar-refractivity contribution in [2.24, 2.45) is 0 Å². The van der Waals surface area contributed by atoms with Gasteiger partial charge in [0.25, 0.3) is 14.4 Å². The third kappa shape index (κ3) is 4.19. The van der Waals surface area contributed by atoms with Crippen LogP contribution < -0.4 is 10.0 Å². The van der Waals surface area contributed by atoms with Crippen molar-refractivity contribution in [3.05, 3.63) is 28.8 Å². The fourth-order valence-corrected chi connectivity index (χ4v) is 3.77. The molecule has 0 fully saturated rings. The van der Waals surface area contributed by atoms with Gasteiger partial charge < -0.3 is 10.1 Å². The van der Waals surface area contributed by atoms with E-state index in [0.717, 1.165) is 0 Å². The van der Waals surface area contributed by atoms with Gasteiger partial charge in [0.15, 0.2) is 0 Å². The number of amides is 1. The molecule has 1 heterocycles. The molecule has 0 aliphatic rings. The molecule has 0 bridgehead atoms. The van der Waals surface area contributed by atoms with E-state index >= 15 is 0 Å². The lowest BCUT2D eigenvalue weighted by atomic mass is 10.2. The molecule has 1 aromatic carbocycles. The Morgan fingerprint density at radius 2 is 2.00 bits per heavy atom. The number of aromatic nitrogens is 2. The van der Waals surface area contributed by atoms with Crippen LogP contribution in [0.25, 0.3) is 0 Å². The van der Waals surface area contributed by atoms with Crippen LogP contribution in [0.3, 0.4) is 0 Å². The Balaban J connectivity index is 2.27. The molecule has 0 spiro atoms. The molecule has 0 saturated heterocycles. The number of sulfonamides is 1. The number of hydrogen-bond acceptors (Lipinski definition) is 8. The summed E-state index contributed by atoms with van der Waals surface area (Å²) in [4.78, 5) is 22.5. The molecule has 128 valence electrons. The highest BCUT2D eigenvalue weighted by Gasteiger charge is 2.22. The van der Waals surface area contributed by atoms with E-state index in [1.54, 1.807) is 0 Å². The van der Waals surface area contributed by atoms with E-state index in [2.05, 4.69) is 25.0 Å². The maximum Gasteiger partial charge on any atom is 0.339 e. The van der Waals surface area contributed by atoms with E-state index in [9.17, 15) is 18.0 Å². The Morgan fingerprint density at radius 1 is 1.29 bits per heavy atom. The number of carbonyl (C=O) groups excluding carboxylic acids is 2. The summed E-state index contributed by atoms with van der Waals surface area (Å²) in [5.41, 5.74) is 0.103. The van der Waals surface area contributed by atoms with Gasteiger partial charge in [0.1, 0.15) is 0 Å². The van der Waals surface area contributed by atoms with Crippen LogP contribution in [-0.2, 0) is 19.6 Å². The lowest BCUT2D eigenvalue weighted by molar-refractivity contribution is -0.114. The van der Waals surface area contributed by atoms with Crippen LogP contribution in [0.1, 0.15) is 17.3 Å². The average Bonchev–Trinajstić information content (AvgIpc) is 2.97. The predicted octanol–water partition coefficient (Wildman–Crippen LogP) is 1.74. The number of anilines is 2. The van der Waals surface area contributed by atoms with Crippen molar-refractivity contribution >= 4 is 55.7 Å². The maximum absolute atomic E-state index is 12.3. The SMILES string of the molecule is COC(=O)c1cc(NS(=O)(=O)c2nnc(NC(C)=O)s2)ccc1Cl. The van der Waals surface area contributed by atoms with Crippen LogP contribution in [0.5, 0.6) is 0 Å². The molecule has 0 aliphatic carbocycles. The van der Waals surface area contributed by atoms with Crippen molar-refractivity contribution in [2.45, 2.75) is 11.3 Å². The number of hydrogen-bond donors (Lipinski definition) is 2. The van der Waals surface area contributed by atoms with Crippen molar-refractivity contribution in [3.63, 3.8) is 0 Å². The topological polar surface area (TPSA) is 127 Å². The van der Waals surface area contributed by atoms with Crippen molar-refractivity contribution < 1.29 is 22.7 Å². The summed E-state index contributed by atoms with van der Waals surface area (Å²) >= 11 is 6.55. The molecule has 0 radical (unpaired) electrons. The maximum atomic E-state index is 12.3. The average molecular weight is 391 g/mol. The standard InChI is InChI=1S/C12H11ClN4O5S2/c1-6(18)14-11-15-16-12(23-11)24(20,21)17-7-3-4-9(13)8(5-7)10(19)22-2/h3-5,17H,1-2H3,(H,14,15,18). The summed E-state index contributed by atoms with van der Waals surface area (Å²) in [6.45, 7) is 1.26. The first-order valence-electron chi connectivity index (χ1n) is 6.24. The molecule has 1 amide bonds. The number of halogens is 1. The van der Waals surface area contributed by atoms with Gasteiger partial charge in [-0.15, -0.1) is 10.2 Å². The van der Waals surface area contributed by atoms with Crippen LogP contribution >= 0.6 is 22.9 Å². The van der Waals surface area contributed by atoms with Gasteiger partial charge in [-0.05, 0) is 18.2 Å². The molecule has 0 saturated carbocycles. The van der Waals surface area contributed by atoms with Gasteiger partial charge in [0.05, 0.1) is 17.7 Å². The molecule has 24 heavy (non-hydrogen) atoms. The minimum atomic E-state index is -4.04. The van der Waals surface area contributed by atoms with E-state index in [1.165, 1.54) is 32.2 Å². The van der Waals surface area contributed by atoms with Gasteiger partial charge in [-0.3, -0.25) is 9.52 Å². The van der Waals surface area contributed by atoms with Crippen LogP contribution in [-0.4, -0.2) is 37.6 Å². The number of nitrogens with zero attached hydrogens (tertiary/aromatic N) is 2. The van der Waals surface area contributed by atoms with E-state index in [1.807, 2.05) is 0 Å². The van der Waals surface area contributed by atoms with Gasteiger partial charge >= 0.3 is 5.97 Å². The van der Waals surface area contributed by atoms with E-state index in [4.69, 9.17) is 11.6 Å². The fourth-order valence-electron chi connectivity index (χ4n) is 1.57. The molecule has 12 heteroatoms. The van der Waals surface area contributed by atoms with Crippen molar-refractivity contribution in [1.29, 1.82) is 0 Å². The number of nitrogens with one attached hydrogen (secondary N) is 2. The van der Waals surface area contributed by atoms with Crippen LogP contribution in [0.15, 0.2) is 22.5 Å². The number of benzene rings is 1. The van der Waals surface area contributed by atoms with E-state index in [-0.39, 0.29) is 25.7 Å². The van der Waals surface area contributed by atoms with Crippen LogP contribution in [0.2, 0.25) is 5.02 Å². The number of rotatable bonds is 5. The zero-order chi connectivity index (χ0) is 17.9. The predicted molar refractivity (Wildman–Crippen MR) is 87.8 cm³/mol. The highest BCUT2D eigenvalue weighted by molar-refractivity contribution is 7.94. The minimum Gasteiger partial charge on any atom is -0.465 e. The Hall–Kier alpha value is -2.24. The summed E-state index contributed by atoms with van der Waals surface area (Å²) < 4.78 is 31.0. The Labute approximate surface area is 146 Å². The lowest BCUT2D eigenvalue weighted by Gasteiger charge is -2.08. The smallest absolute Gasteiger partial charge is 0.339 e. The quantitative estimate of drug-likeness (QED) is 0.587. The molecule has 1 aromatic heterocycles. The Bertz CT molecular complexity index is 897. The molecule has 2 aromatic rings. The second-order valence-electron chi connectivity index (χ2n) is 4.35. The molecular weight excluding hydrogens is 380 g/mol. The first-order chi connectivity index (χ1) is 11.2. The second-order valence-corrected chi connectivity index (χ2v) is 7.59. The van der Waals surface area contributed by atoms with Gasteiger partial charge in [0.2, 0.25) is 11.0 Å². The first-order valence-corrected chi connectivity index (χ1v) is 8.92. The van der Waals surface area contributed by atoms with E-state index in [0.29, 0.717) is 11.3 Å². The third-order valence-corrected chi connectivity index (χ3v) is 5.46. The van der Waals surface area contributed by atoms with Gasteiger partial charge in [0, 0.05) is 12.6 Å². The first kappa shape index (κ1) is 18.1. The molecule has 9 nitrogen and oxygen atoms in total. The number of methoxy groups -OCH3 is 1. The Kier molecular flexibility index (Phi) is 5.36. The molecular formula is C12H11ClN4O5S2. The number of carbonyl (C=O) groups is 2. The van der Waals surface area contributed by atoms with Crippen molar-refractivity contribution in [1.82, 2.24) is 10.2 Å². The summed E-state index contributed by atoms with van der Waals surface area (Å²) in [6, 6.07) is 3.97. The summed E-state index contributed by atoms with van der Waals surface area (Å²) in [6.07, 6.45) is 0. The third-order valence-electron chi connectivity index (χ3n) is 2.54. The summed E-state index contributed by atoms with van der Waals surface area (Å²) in [5.74, 6) is -1.10. The molecule has 2 rings (SSSR count). The van der Waals surface area contributed by atoms with Crippen molar-refractivity contribution in [3.8, 4) is 0 Å². The van der Waals surface area contributed by atoms with Crippen LogP contribution in [0, 0.1) is 0 Å². The normalized spacial score (nSPS) is 11.0. The summed E-state index contributed by atoms with van der Waals surface area (Å²) in [5, 5.41) is 9.58. The second kappa shape index (κ2) is 7.11. The molecule has 0 unspecified atom stereocenters. The zero-order valence-electron chi connectivity index (χ0n) is 12.4. The minimum absolute atomic E-state index is 0.00978. The molecule has 0 aliphatic heterocycles. The fraction of sp³-hybridized carbons (Fsp3) is 0.167. The number of esters is 1. The molecule has 0 atom stereocenters. The van der Waals surface area contributed by atoms with E-state index < -0.39 is 21.9 Å². The summed E-state index contributed by atoms with van der Waals surface area (Å²) in [7, 11) is -2.86. The largest absolute Gasteiger partial charge is 0.465 e. The molecule has 2 N–H and O–H groups in total. The highest BCUT2D eigenvalue weighted by Crippen LogP contribution is 2.25. The highest BCUT2D eigenvalue weighted by atomic mass is 35.5. The van der Waals surface area contributed by atoms with Crippen molar-refractivity contribution in [2.75, 3.05) is 17.1 Å². The number of ether oxygens (including phenoxy) is 1.